The molecule has 0 fully saturated rings. The van der Waals surface area contributed by atoms with Gasteiger partial charge < -0.3 is 11.5 Å². The standard InChI is InChI=1S/C11H7Br2N5/c12-6-2-1-3-7(13)8(6)9-5(4-14)10(15)18-11(16)17-9/h1-3H,(H4,15,16,17,18). The number of hydrogen-bond donors (Lipinski definition) is 2. The molecule has 0 aliphatic carbocycles. The van der Waals surface area contributed by atoms with Crippen LogP contribution in [0.4, 0.5) is 11.8 Å². The molecule has 18 heavy (non-hydrogen) atoms. The van der Waals surface area contributed by atoms with E-state index < -0.39 is 0 Å². The van der Waals surface area contributed by atoms with Gasteiger partial charge in [-0.05, 0) is 12.1 Å². The van der Waals surface area contributed by atoms with Crippen LogP contribution in [0.1, 0.15) is 5.56 Å². The highest BCUT2D eigenvalue weighted by Crippen LogP contribution is 2.36. The van der Waals surface area contributed by atoms with Gasteiger partial charge in [-0.1, -0.05) is 37.9 Å². The van der Waals surface area contributed by atoms with Crippen LogP contribution < -0.4 is 11.5 Å². The van der Waals surface area contributed by atoms with E-state index in [-0.39, 0.29) is 17.3 Å². The highest BCUT2D eigenvalue weighted by molar-refractivity contribution is 9.11. The van der Waals surface area contributed by atoms with E-state index in [9.17, 15) is 0 Å². The Morgan fingerprint density at radius 1 is 1.11 bits per heavy atom. The smallest absolute Gasteiger partial charge is 0.222 e. The summed E-state index contributed by atoms with van der Waals surface area (Å²) in [6, 6.07) is 7.54. The summed E-state index contributed by atoms with van der Waals surface area (Å²) in [4.78, 5) is 7.88. The molecule has 1 heterocycles. The Labute approximate surface area is 120 Å². The van der Waals surface area contributed by atoms with Crippen LogP contribution in [0.25, 0.3) is 11.3 Å². The lowest BCUT2D eigenvalue weighted by Gasteiger charge is -2.10. The molecule has 0 saturated heterocycles. The third-order valence-electron chi connectivity index (χ3n) is 2.27. The van der Waals surface area contributed by atoms with Crippen LogP contribution in [-0.2, 0) is 0 Å². The van der Waals surface area contributed by atoms with Crippen molar-refractivity contribution in [3.63, 3.8) is 0 Å². The summed E-state index contributed by atoms with van der Waals surface area (Å²) in [5.74, 6) is 0.104. The van der Waals surface area contributed by atoms with Crippen molar-refractivity contribution in [3.05, 3.63) is 32.7 Å². The Bertz CT molecular complexity index is 643. The molecule has 1 aromatic carbocycles. The molecule has 4 N–H and O–H groups in total. The van der Waals surface area contributed by atoms with Gasteiger partial charge in [-0.3, -0.25) is 0 Å². The van der Waals surface area contributed by atoms with Crippen molar-refractivity contribution in [2.75, 3.05) is 11.5 Å². The molecule has 0 unspecified atom stereocenters. The Kier molecular flexibility index (Phi) is 3.50. The molecule has 5 nitrogen and oxygen atoms in total. The first-order valence-electron chi connectivity index (χ1n) is 4.82. The first-order chi connectivity index (χ1) is 8.54. The van der Waals surface area contributed by atoms with Gasteiger partial charge in [0.1, 0.15) is 17.5 Å². The molecule has 90 valence electrons. The number of aromatic nitrogens is 2. The molecule has 0 bridgehead atoms. The summed E-state index contributed by atoms with van der Waals surface area (Å²) in [5, 5.41) is 9.15. The van der Waals surface area contributed by atoms with E-state index in [1.807, 2.05) is 24.3 Å². The van der Waals surface area contributed by atoms with Crippen molar-refractivity contribution in [3.8, 4) is 17.3 Å². The maximum atomic E-state index is 9.15. The number of nitrogens with two attached hydrogens (primary N) is 2. The molecule has 2 rings (SSSR count). The van der Waals surface area contributed by atoms with Gasteiger partial charge in [0.05, 0.1) is 5.69 Å². The second-order valence-corrected chi connectivity index (χ2v) is 5.11. The molecule has 2 aromatic rings. The van der Waals surface area contributed by atoms with Crippen LogP contribution in [0.3, 0.4) is 0 Å². The number of nitriles is 1. The van der Waals surface area contributed by atoms with Gasteiger partial charge in [-0.25, -0.2) is 4.98 Å². The molecule has 0 spiro atoms. The van der Waals surface area contributed by atoms with Gasteiger partial charge in [0.25, 0.3) is 0 Å². The second-order valence-electron chi connectivity index (χ2n) is 3.40. The van der Waals surface area contributed by atoms with Crippen molar-refractivity contribution in [1.29, 1.82) is 5.26 Å². The molecule has 0 atom stereocenters. The predicted octanol–water partition coefficient (Wildman–Crippen LogP) is 2.70. The number of nitrogen functional groups attached to an aromatic ring is 2. The van der Waals surface area contributed by atoms with E-state index in [0.29, 0.717) is 5.69 Å². The zero-order chi connectivity index (χ0) is 13.3. The third-order valence-corrected chi connectivity index (χ3v) is 3.59. The summed E-state index contributed by atoms with van der Waals surface area (Å²) < 4.78 is 1.57. The second kappa shape index (κ2) is 4.92. The van der Waals surface area contributed by atoms with Crippen LogP contribution in [0.2, 0.25) is 0 Å². The first-order valence-corrected chi connectivity index (χ1v) is 6.40. The monoisotopic (exact) mass is 367 g/mol. The van der Waals surface area contributed by atoms with Gasteiger partial charge >= 0.3 is 0 Å². The highest BCUT2D eigenvalue weighted by atomic mass is 79.9. The van der Waals surface area contributed by atoms with Gasteiger partial charge in [-0.15, -0.1) is 0 Å². The maximum absolute atomic E-state index is 9.15. The lowest BCUT2D eigenvalue weighted by molar-refractivity contribution is 1.18. The molecule has 0 saturated carbocycles. The van der Waals surface area contributed by atoms with Crippen molar-refractivity contribution in [2.24, 2.45) is 0 Å². The topological polar surface area (TPSA) is 102 Å². The van der Waals surface area contributed by atoms with Crippen molar-refractivity contribution >= 4 is 43.6 Å². The Morgan fingerprint density at radius 2 is 1.72 bits per heavy atom. The molecular weight excluding hydrogens is 362 g/mol. The molecule has 0 aliphatic heterocycles. The molecule has 0 radical (unpaired) electrons. The van der Waals surface area contributed by atoms with E-state index >= 15 is 0 Å². The molecule has 0 aliphatic rings. The van der Waals surface area contributed by atoms with E-state index in [0.717, 1.165) is 14.5 Å². The summed E-state index contributed by atoms with van der Waals surface area (Å²) >= 11 is 6.83. The minimum Gasteiger partial charge on any atom is -0.382 e. The van der Waals surface area contributed by atoms with Gasteiger partial charge in [0, 0.05) is 14.5 Å². The summed E-state index contributed by atoms with van der Waals surface area (Å²) in [7, 11) is 0. The fourth-order valence-electron chi connectivity index (χ4n) is 1.51. The zero-order valence-electron chi connectivity index (χ0n) is 8.98. The average Bonchev–Trinajstić information content (AvgIpc) is 2.28. The number of rotatable bonds is 1. The van der Waals surface area contributed by atoms with E-state index in [1.165, 1.54) is 0 Å². The lowest BCUT2D eigenvalue weighted by Crippen LogP contribution is -2.05. The zero-order valence-corrected chi connectivity index (χ0v) is 12.2. The molecule has 1 aromatic heterocycles. The average molecular weight is 369 g/mol. The number of nitrogens with zero attached hydrogens (tertiary/aromatic N) is 3. The Morgan fingerprint density at radius 3 is 2.28 bits per heavy atom. The predicted molar refractivity (Wildman–Crippen MR) is 76.4 cm³/mol. The molecular formula is C11H7Br2N5. The van der Waals surface area contributed by atoms with E-state index in [2.05, 4.69) is 41.8 Å². The van der Waals surface area contributed by atoms with Crippen LogP contribution in [0.5, 0.6) is 0 Å². The number of anilines is 2. The van der Waals surface area contributed by atoms with Gasteiger partial charge in [0.15, 0.2) is 0 Å². The number of hydrogen-bond acceptors (Lipinski definition) is 5. The minimum absolute atomic E-state index is 0.0316. The fraction of sp³-hybridized carbons (Fsp3) is 0. The third kappa shape index (κ3) is 2.17. The normalized spacial score (nSPS) is 10.1. The summed E-state index contributed by atoms with van der Waals surface area (Å²) in [5.41, 5.74) is 12.6. The fourth-order valence-corrected chi connectivity index (χ4v) is 2.89. The number of benzene rings is 1. The van der Waals surface area contributed by atoms with E-state index in [4.69, 9.17) is 16.7 Å². The van der Waals surface area contributed by atoms with Gasteiger partial charge in [0.2, 0.25) is 5.95 Å². The Balaban J connectivity index is 2.84. The summed E-state index contributed by atoms with van der Waals surface area (Å²) in [6.45, 7) is 0. The number of halogens is 2. The SMILES string of the molecule is N#Cc1c(N)nc(N)nc1-c1c(Br)cccc1Br. The Hall–Kier alpha value is -1.65. The van der Waals surface area contributed by atoms with Crippen molar-refractivity contribution in [1.82, 2.24) is 9.97 Å². The largest absolute Gasteiger partial charge is 0.382 e. The van der Waals surface area contributed by atoms with Crippen molar-refractivity contribution < 1.29 is 0 Å². The summed E-state index contributed by atoms with van der Waals surface area (Å²) in [6.07, 6.45) is 0. The molecule has 7 heteroatoms. The minimum atomic E-state index is 0.0316. The van der Waals surface area contributed by atoms with Crippen LogP contribution in [-0.4, -0.2) is 9.97 Å². The van der Waals surface area contributed by atoms with Gasteiger partial charge in [-0.2, -0.15) is 10.2 Å². The van der Waals surface area contributed by atoms with Crippen LogP contribution in [0.15, 0.2) is 27.1 Å². The van der Waals surface area contributed by atoms with E-state index in [1.54, 1.807) is 0 Å². The van der Waals surface area contributed by atoms with Crippen LogP contribution >= 0.6 is 31.9 Å². The van der Waals surface area contributed by atoms with Crippen molar-refractivity contribution in [2.45, 2.75) is 0 Å². The molecule has 0 amide bonds. The first kappa shape index (κ1) is 12.8. The lowest BCUT2D eigenvalue weighted by atomic mass is 10.1. The van der Waals surface area contributed by atoms with Crippen LogP contribution in [0, 0.1) is 11.3 Å². The quantitative estimate of drug-likeness (QED) is 0.805. The maximum Gasteiger partial charge on any atom is 0.222 e. The highest BCUT2D eigenvalue weighted by Gasteiger charge is 2.17.